The average Bonchev–Trinajstić information content (AvgIpc) is 2.58. The van der Waals surface area contributed by atoms with Gasteiger partial charge >= 0.3 is 21.1 Å². The Morgan fingerprint density at radius 2 is 1.72 bits per heavy atom. The van der Waals surface area contributed by atoms with E-state index in [0.717, 1.165) is 9.32 Å². The largest absolute Gasteiger partial charge is 2.00 e. The summed E-state index contributed by atoms with van der Waals surface area (Å²) in [5.74, 6) is 0.750. The molecule has 0 aromatic heterocycles. The second kappa shape index (κ2) is 11.0. The van der Waals surface area contributed by atoms with Gasteiger partial charge in [-0.1, -0.05) is 43.3 Å². The first-order valence-corrected chi connectivity index (χ1v) is 8.96. The fourth-order valence-electron chi connectivity index (χ4n) is 2.31. The van der Waals surface area contributed by atoms with Crippen LogP contribution < -0.4 is 4.74 Å². The number of benzene rings is 2. The summed E-state index contributed by atoms with van der Waals surface area (Å²) < 4.78 is 6.67. The van der Waals surface area contributed by atoms with Crippen LogP contribution in [0.3, 0.4) is 0 Å². The van der Waals surface area contributed by atoms with E-state index in [9.17, 15) is 4.79 Å². The number of halogens is 1. The van der Waals surface area contributed by atoms with Crippen molar-refractivity contribution in [2.24, 2.45) is 5.92 Å². The van der Waals surface area contributed by atoms with E-state index >= 15 is 0 Å². The SMILES string of the molecule is [CH2-]C(COc1ccccc1)CN(C(=O)c1ccccc1I)C([CH2-])C.[W+2]. The number of amides is 1. The number of carbonyl (C=O) groups is 1. The number of hydrogen-bond acceptors (Lipinski definition) is 2. The van der Waals surface area contributed by atoms with E-state index in [2.05, 4.69) is 36.4 Å². The van der Waals surface area contributed by atoms with E-state index in [1.165, 1.54) is 0 Å². The van der Waals surface area contributed by atoms with E-state index < -0.39 is 0 Å². The molecule has 2 aromatic rings. The molecule has 0 aliphatic carbocycles. The second-order valence-electron chi connectivity index (χ2n) is 5.78. The van der Waals surface area contributed by atoms with Crippen molar-refractivity contribution in [3.63, 3.8) is 0 Å². The van der Waals surface area contributed by atoms with Crippen molar-refractivity contribution in [2.75, 3.05) is 13.2 Å². The first-order valence-electron chi connectivity index (χ1n) is 7.88. The summed E-state index contributed by atoms with van der Waals surface area (Å²) in [5.41, 5.74) is 0.699. The molecule has 0 saturated heterocycles. The van der Waals surface area contributed by atoms with E-state index in [0.29, 0.717) is 18.7 Å². The monoisotopic (exact) mass is 619 g/mol. The van der Waals surface area contributed by atoms with Gasteiger partial charge in [-0.2, -0.15) is 0 Å². The molecule has 2 rings (SSSR count). The minimum atomic E-state index is -0.144. The Bertz CT molecular complexity index is 664. The van der Waals surface area contributed by atoms with E-state index in [1.54, 1.807) is 4.90 Å². The van der Waals surface area contributed by atoms with Crippen LogP contribution in [0.25, 0.3) is 0 Å². The third-order valence-electron chi connectivity index (χ3n) is 3.58. The van der Waals surface area contributed by atoms with E-state index in [1.807, 2.05) is 61.5 Å². The molecule has 0 heterocycles. The maximum Gasteiger partial charge on any atom is 2.00 e. The molecule has 0 N–H and O–H groups in total. The predicted molar refractivity (Wildman–Crippen MR) is 106 cm³/mol. The van der Waals surface area contributed by atoms with Gasteiger partial charge in [0, 0.05) is 3.57 Å². The maximum atomic E-state index is 12.8. The number of para-hydroxylation sites is 1. The Balaban J connectivity index is 0.00000312. The van der Waals surface area contributed by atoms with Crippen LogP contribution in [-0.4, -0.2) is 30.0 Å². The van der Waals surface area contributed by atoms with Crippen molar-refractivity contribution in [2.45, 2.75) is 13.0 Å². The van der Waals surface area contributed by atoms with Gasteiger partial charge in [0.05, 0.1) is 12.2 Å². The number of rotatable bonds is 7. The van der Waals surface area contributed by atoms with Gasteiger partial charge in [-0.05, 0) is 53.4 Å². The van der Waals surface area contributed by atoms with Crippen LogP contribution in [0.5, 0.6) is 5.75 Å². The van der Waals surface area contributed by atoms with Gasteiger partial charge in [0.15, 0.2) is 0 Å². The van der Waals surface area contributed by atoms with Crippen molar-refractivity contribution in [3.05, 3.63) is 77.6 Å². The molecule has 3 nitrogen and oxygen atoms in total. The fourth-order valence-corrected chi connectivity index (χ4v) is 2.93. The summed E-state index contributed by atoms with van der Waals surface area (Å²) in [6.45, 7) is 11.0. The molecule has 0 saturated carbocycles. The summed E-state index contributed by atoms with van der Waals surface area (Å²) in [7, 11) is 0. The Kier molecular flexibility index (Phi) is 9.73. The molecule has 0 bridgehead atoms. The number of nitrogens with zero attached hydrogens (tertiary/aromatic N) is 1. The van der Waals surface area contributed by atoms with Crippen molar-refractivity contribution in [3.8, 4) is 5.75 Å². The van der Waals surface area contributed by atoms with Gasteiger partial charge < -0.3 is 23.5 Å². The summed E-state index contributed by atoms with van der Waals surface area (Å²) in [6.07, 6.45) is 0. The summed E-state index contributed by atoms with van der Waals surface area (Å²) in [5, 5.41) is 0. The third-order valence-corrected chi connectivity index (χ3v) is 4.52. The molecule has 2 unspecified atom stereocenters. The topological polar surface area (TPSA) is 29.5 Å². The molecule has 0 spiro atoms. The van der Waals surface area contributed by atoms with Crippen molar-refractivity contribution in [1.29, 1.82) is 0 Å². The summed E-state index contributed by atoms with van der Waals surface area (Å²) >= 11 is 2.18. The van der Waals surface area contributed by atoms with Crippen LogP contribution in [0.2, 0.25) is 0 Å². The maximum absolute atomic E-state index is 12.8. The Labute approximate surface area is 178 Å². The molecule has 0 aliphatic rings. The minimum absolute atomic E-state index is 0. The summed E-state index contributed by atoms with van der Waals surface area (Å²) in [6, 6.07) is 17.1. The van der Waals surface area contributed by atoms with Crippen LogP contribution >= 0.6 is 22.6 Å². The molecule has 0 fully saturated rings. The zero-order valence-corrected chi connectivity index (χ0v) is 19.3. The van der Waals surface area contributed by atoms with Crippen molar-refractivity contribution >= 4 is 28.5 Å². The number of carbonyl (C=O) groups excluding carboxylic acids is 1. The van der Waals surface area contributed by atoms with Crippen LogP contribution in [0.4, 0.5) is 0 Å². The van der Waals surface area contributed by atoms with Crippen molar-refractivity contribution in [1.82, 2.24) is 4.90 Å². The molecule has 2 atom stereocenters. The van der Waals surface area contributed by atoms with Gasteiger partial charge in [0.25, 0.3) is 5.91 Å². The minimum Gasteiger partial charge on any atom is -0.496 e. The molecule has 25 heavy (non-hydrogen) atoms. The zero-order valence-electron chi connectivity index (χ0n) is 14.2. The fraction of sp³-hybridized carbons (Fsp3) is 0.250. The number of hydrogen-bond donors (Lipinski definition) is 0. The van der Waals surface area contributed by atoms with Gasteiger partial charge in [-0.3, -0.25) is 4.79 Å². The van der Waals surface area contributed by atoms with Gasteiger partial charge in [-0.25, -0.2) is 0 Å². The van der Waals surface area contributed by atoms with E-state index in [-0.39, 0.29) is 38.9 Å². The first kappa shape index (κ1) is 22.2. The quantitative estimate of drug-likeness (QED) is 0.338. The molecular weight excluding hydrogens is 597 g/mol. The molecule has 132 valence electrons. The average molecular weight is 619 g/mol. The van der Waals surface area contributed by atoms with Crippen LogP contribution in [0, 0.1) is 23.3 Å². The molecule has 1 amide bonds. The molecular formula is C20H22INO2W. The molecule has 0 radical (unpaired) electrons. The Morgan fingerprint density at radius 3 is 2.32 bits per heavy atom. The first-order chi connectivity index (χ1) is 11.5. The van der Waals surface area contributed by atoms with Crippen LogP contribution in [-0.2, 0) is 21.1 Å². The second-order valence-corrected chi connectivity index (χ2v) is 6.94. The predicted octanol–water partition coefficient (Wildman–Crippen LogP) is 4.48. The normalized spacial score (nSPS) is 12.6. The Hall–Kier alpha value is -0.872. The zero-order chi connectivity index (χ0) is 17.5. The molecule has 5 heteroatoms. The van der Waals surface area contributed by atoms with Gasteiger partial charge in [-0.15, -0.1) is 5.92 Å². The van der Waals surface area contributed by atoms with Crippen LogP contribution in [0.15, 0.2) is 54.6 Å². The molecule has 2 aromatic carbocycles. The van der Waals surface area contributed by atoms with Crippen molar-refractivity contribution < 1.29 is 30.6 Å². The standard InChI is InChI=1S/C20H22INO2.W/c1-15(2)22(20(23)18-11-7-8-12-19(18)21)13-16(3)14-24-17-9-5-4-6-10-17;/h4-12,15-16H,1,3,13-14H2,2H3;/q-2;+2. The number of ether oxygens (including phenoxy) is 1. The summed E-state index contributed by atoms with van der Waals surface area (Å²) in [4.78, 5) is 14.6. The Morgan fingerprint density at radius 1 is 1.12 bits per heavy atom. The molecule has 0 aliphatic heterocycles. The van der Waals surface area contributed by atoms with Crippen LogP contribution in [0.1, 0.15) is 17.3 Å². The third kappa shape index (κ3) is 6.74. The van der Waals surface area contributed by atoms with Gasteiger partial charge in [0.1, 0.15) is 5.75 Å². The van der Waals surface area contributed by atoms with Gasteiger partial charge in [0.2, 0.25) is 0 Å². The van der Waals surface area contributed by atoms with E-state index in [4.69, 9.17) is 4.74 Å². The smallest absolute Gasteiger partial charge is 0.496 e.